The van der Waals surface area contributed by atoms with Crippen molar-refractivity contribution in [1.82, 2.24) is 14.8 Å². The summed E-state index contributed by atoms with van der Waals surface area (Å²) in [6.07, 6.45) is 1.40. The highest BCUT2D eigenvalue weighted by atomic mass is 19.1. The van der Waals surface area contributed by atoms with Crippen molar-refractivity contribution in [3.8, 4) is 11.4 Å². The van der Waals surface area contributed by atoms with Crippen molar-refractivity contribution in [2.75, 3.05) is 5.73 Å². The third kappa shape index (κ3) is 1.22. The number of nitrogens with two attached hydrogens (primary N) is 1. The molecule has 2 rings (SSSR count). The summed E-state index contributed by atoms with van der Waals surface area (Å²) >= 11 is 0. The summed E-state index contributed by atoms with van der Waals surface area (Å²) in [7, 11) is 1.73. The van der Waals surface area contributed by atoms with Crippen LogP contribution < -0.4 is 5.73 Å². The number of para-hydroxylation sites is 1. The fourth-order valence-electron chi connectivity index (χ4n) is 1.27. The van der Waals surface area contributed by atoms with E-state index in [9.17, 15) is 4.39 Å². The maximum atomic E-state index is 13.1. The topological polar surface area (TPSA) is 56.7 Å². The van der Waals surface area contributed by atoms with Crippen molar-refractivity contribution >= 4 is 5.69 Å². The van der Waals surface area contributed by atoms with E-state index in [1.807, 2.05) is 0 Å². The average Bonchev–Trinajstić information content (AvgIpc) is 2.57. The Morgan fingerprint density at radius 2 is 2.21 bits per heavy atom. The molecule has 0 aliphatic rings. The lowest BCUT2D eigenvalue weighted by molar-refractivity contribution is 0.632. The maximum absolute atomic E-state index is 13.1. The number of halogens is 1. The zero-order chi connectivity index (χ0) is 10.1. The van der Waals surface area contributed by atoms with Gasteiger partial charge in [-0.3, -0.25) is 0 Å². The molecule has 0 radical (unpaired) electrons. The minimum atomic E-state index is -0.439. The second-order valence-corrected chi connectivity index (χ2v) is 2.91. The number of benzene rings is 1. The normalized spacial score (nSPS) is 10.4. The minimum absolute atomic E-state index is 0.101. The molecule has 72 valence electrons. The molecule has 4 nitrogen and oxygen atoms in total. The van der Waals surface area contributed by atoms with Gasteiger partial charge in [-0.25, -0.2) is 14.1 Å². The van der Waals surface area contributed by atoms with Crippen LogP contribution in [0.5, 0.6) is 0 Å². The minimum Gasteiger partial charge on any atom is -0.396 e. The molecule has 5 heteroatoms. The van der Waals surface area contributed by atoms with Gasteiger partial charge in [0.25, 0.3) is 0 Å². The molecule has 0 saturated heterocycles. The standard InChI is InChI=1S/C9H9FN4/c1-14-9(12-5-13-14)6-3-2-4-7(10)8(6)11/h2-5H,11H2,1H3. The number of rotatable bonds is 1. The van der Waals surface area contributed by atoms with Crippen molar-refractivity contribution in [2.45, 2.75) is 0 Å². The van der Waals surface area contributed by atoms with Crippen LogP contribution in [0, 0.1) is 5.82 Å². The lowest BCUT2D eigenvalue weighted by atomic mass is 10.1. The first-order valence-electron chi connectivity index (χ1n) is 4.08. The number of aryl methyl sites for hydroxylation is 1. The van der Waals surface area contributed by atoms with Gasteiger partial charge in [0.2, 0.25) is 0 Å². The van der Waals surface area contributed by atoms with Crippen LogP contribution in [0.25, 0.3) is 11.4 Å². The number of hydrogen-bond acceptors (Lipinski definition) is 3. The van der Waals surface area contributed by atoms with Crippen LogP contribution in [-0.2, 0) is 7.05 Å². The lowest BCUT2D eigenvalue weighted by Crippen LogP contribution is -1.99. The molecule has 2 N–H and O–H groups in total. The van der Waals surface area contributed by atoms with Gasteiger partial charge in [-0.05, 0) is 12.1 Å². The quantitative estimate of drug-likeness (QED) is 0.691. The third-order valence-corrected chi connectivity index (χ3v) is 2.01. The summed E-state index contributed by atoms with van der Waals surface area (Å²) in [5.74, 6) is 0.118. The lowest BCUT2D eigenvalue weighted by Gasteiger charge is -2.04. The molecule has 0 spiro atoms. The number of anilines is 1. The van der Waals surface area contributed by atoms with E-state index in [1.54, 1.807) is 23.9 Å². The van der Waals surface area contributed by atoms with E-state index < -0.39 is 5.82 Å². The van der Waals surface area contributed by atoms with E-state index in [2.05, 4.69) is 10.1 Å². The van der Waals surface area contributed by atoms with Crippen molar-refractivity contribution < 1.29 is 4.39 Å². The second kappa shape index (κ2) is 3.10. The van der Waals surface area contributed by atoms with Gasteiger partial charge in [-0.15, -0.1) is 0 Å². The fourth-order valence-corrected chi connectivity index (χ4v) is 1.27. The highest BCUT2D eigenvalue weighted by Gasteiger charge is 2.10. The zero-order valence-electron chi connectivity index (χ0n) is 7.61. The van der Waals surface area contributed by atoms with Gasteiger partial charge in [0.05, 0.1) is 5.69 Å². The van der Waals surface area contributed by atoms with E-state index in [1.165, 1.54) is 12.4 Å². The SMILES string of the molecule is Cn1ncnc1-c1cccc(F)c1N. The van der Waals surface area contributed by atoms with Gasteiger partial charge < -0.3 is 5.73 Å². The summed E-state index contributed by atoms with van der Waals surface area (Å²) in [5, 5.41) is 3.89. The molecule has 1 aromatic heterocycles. The van der Waals surface area contributed by atoms with Crippen molar-refractivity contribution in [1.29, 1.82) is 0 Å². The molecular weight excluding hydrogens is 183 g/mol. The summed E-state index contributed by atoms with van der Waals surface area (Å²) < 4.78 is 14.7. The van der Waals surface area contributed by atoms with Crippen LogP contribution in [0.15, 0.2) is 24.5 Å². The van der Waals surface area contributed by atoms with Crippen molar-refractivity contribution in [3.05, 3.63) is 30.3 Å². The Bertz CT molecular complexity index is 464. The molecule has 0 saturated carbocycles. The van der Waals surface area contributed by atoms with Crippen molar-refractivity contribution in [3.63, 3.8) is 0 Å². The third-order valence-electron chi connectivity index (χ3n) is 2.01. The molecule has 0 amide bonds. The Morgan fingerprint density at radius 1 is 1.43 bits per heavy atom. The molecule has 0 aliphatic heterocycles. The molecule has 2 aromatic rings. The molecule has 0 unspecified atom stereocenters. The average molecular weight is 192 g/mol. The van der Waals surface area contributed by atoms with E-state index in [0.29, 0.717) is 11.4 Å². The summed E-state index contributed by atoms with van der Waals surface area (Å²) in [5.41, 5.74) is 6.25. The predicted octanol–water partition coefficient (Wildman–Crippen LogP) is 1.20. The van der Waals surface area contributed by atoms with Crippen LogP contribution in [0.2, 0.25) is 0 Å². The number of nitrogens with zero attached hydrogens (tertiary/aromatic N) is 3. The molecule has 0 atom stereocenters. The van der Waals surface area contributed by atoms with Crippen LogP contribution in [0.4, 0.5) is 10.1 Å². The van der Waals surface area contributed by atoms with Gasteiger partial charge in [-0.2, -0.15) is 5.10 Å². The summed E-state index contributed by atoms with van der Waals surface area (Å²) in [4.78, 5) is 3.99. The Kier molecular flexibility index (Phi) is 1.92. The molecule has 14 heavy (non-hydrogen) atoms. The molecule has 1 heterocycles. The van der Waals surface area contributed by atoms with Crippen LogP contribution in [-0.4, -0.2) is 14.8 Å². The number of hydrogen-bond donors (Lipinski definition) is 1. The van der Waals surface area contributed by atoms with Gasteiger partial charge in [0, 0.05) is 12.6 Å². The predicted molar refractivity (Wildman–Crippen MR) is 50.8 cm³/mol. The molecule has 1 aromatic carbocycles. The van der Waals surface area contributed by atoms with Gasteiger partial charge in [0.1, 0.15) is 12.1 Å². The highest BCUT2D eigenvalue weighted by Crippen LogP contribution is 2.25. The van der Waals surface area contributed by atoms with E-state index >= 15 is 0 Å². The van der Waals surface area contributed by atoms with E-state index in [4.69, 9.17) is 5.73 Å². The summed E-state index contributed by atoms with van der Waals surface area (Å²) in [6, 6.07) is 4.62. The number of aromatic nitrogens is 3. The largest absolute Gasteiger partial charge is 0.396 e. The summed E-state index contributed by atoms with van der Waals surface area (Å²) in [6.45, 7) is 0. The molecule has 0 fully saturated rings. The Labute approximate surface area is 80.2 Å². The maximum Gasteiger partial charge on any atom is 0.159 e. The fraction of sp³-hybridized carbons (Fsp3) is 0.111. The van der Waals surface area contributed by atoms with E-state index in [0.717, 1.165) is 0 Å². The monoisotopic (exact) mass is 192 g/mol. The zero-order valence-corrected chi connectivity index (χ0v) is 7.61. The Balaban J connectivity index is 2.63. The first kappa shape index (κ1) is 8.68. The highest BCUT2D eigenvalue weighted by molar-refractivity contribution is 5.71. The second-order valence-electron chi connectivity index (χ2n) is 2.91. The smallest absolute Gasteiger partial charge is 0.159 e. The molecular formula is C9H9FN4. The van der Waals surface area contributed by atoms with Crippen LogP contribution >= 0.6 is 0 Å². The first-order valence-corrected chi connectivity index (χ1v) is 4.08. The van der Waals surface area contributed by atoms with Gasteiger partial charge >= 0.3 is 0 Å². The van der Waals surface area contributed by atoms with Gasteiger partial charge in [-0.1, -0.05) is 6.07 Å². The molecule has 0 aliphatic carbocycles. The van der Waals surface area contributed by atoms with Crippen LogP contribution in [0.3, 0.4) is 0 Å². The number of nitrogen functional groups attached to an aromatic ring is 1. The van der Waals surface area contributed by atoms with Crippen molar-refractivity contribution in [2.24, 2.45) is 7.05 Å². The Morgan fingerprint density at radius 3 is 2.86 bits per heavy atom. The molecule has 0 bridgehead atoms. The van der Waals surface area contributed by atoms with Crippen LogP contribution in [0.1, 0.15) is 0 Å². The van der Waals surface area contributed by atoms with E-state index in [-0.39, 0.29) is 5.69 Å². The van der Waals surface area contributed by atoms with Gasteiger partial charge in [0.15, 0.2) is 5.82 Å². The Hall–Kier alpha value is -1.91. The first-order chi connectivity index (χ1) is 6.70.